The fourth-order valence-corrected chi connectivity index (χ4v) is 3.25. The standard InChI is InChI=1S/C18H28N6O9/c19-8(3-4-12(20)25)15(29)22-9(7-14(27)28)16(30)23-10(6-13(21)26)17(31)24-5-1-2-11(24)18(32)33/h8-11H,1-7,19H2,(H2,20,25)(H2,21,26)(H,22,29)(H,23,30)(H,27,28)(H,32,33). The Balaban J connectivity index is 2.99. The van der Waals surface area contributed by atoms with Gasteiger partial charge in [0.2, 0.25) is 29.5 Å². The van der Waals surface area contributed by atoms with Gasteiger partial charge in [-0.15, -0.1) is 0 Å². The molecule has 1 heterocycles. The van der Waals surface area contributed by atoms with Crippen LogP contribution in [0, 0.1) is 0 Å². The van der Waals surface area contributed by atoms with E-state index in [0.717, 1.165) is 4.90 Å². The number of primary amides is 2. The summed E-state index contributed by atoms with van der Waals surface area (Å²) in [5.74, 6) is -7.38. The molecule has 0 radical (unpaired) electrons. The van der Waals surface area contributed by atoms with Crippen molar-refractivity contribution < 1.29 is 43.8 Å². The Kier molecular flexibility index (Phi) is 10.2. The van der Waals surface area contributed by atoms with Gasteiger partial charge in [0.05, 0.1) is 18.9 Å². The minimum Gasteiger partial charge on any atom is -0.481 e. The van der Waals surface area contributed by atoms with E-state index in [1.807, 2.05) is 0 Å². The predicted molar refractivity (Wildman–Crippen MR) is 109 cm³/mol. The van der Waals surface area contributed by atoms with E-state index in [2.05, 4.69) is 10.6 Å². The predicted octanol–water partition coefficient (Wildman–Crippen LogP) is -4.03. The molecule has 0 aromatic heterocycles. The Morgan fingerprint density at radius 3 is 2.03 bits per heavy atom. The van der Waals surface area contributed by atoms with Gasteiger partial charge in [-0.1, -0.05) is 0 Å². The number of carbonyl (C=O) groups excluding carboxylic acids is 5. The van der Waals surface area contributed by atoms with Gasteiger partial charge in [0.1, 0.15) is 18.1 Å². The summed E-state index contributed by atoms with van der Waals surface area (Å²) >= 11 is 0. The van der Waals surface area contributed by atoms with Gasteiger partial charge >= 0.3 is 11.9 Å². The van der Waals surface area contributed by atoms with Crippen molar-refractivity contribution in [2.45, 2.75) is 62.7 Å². The zero-order valence-corrected chi connectivity index (χ0v) is 17.7. The molecular weight excluding hydrogens is 444 g/mol. The minimum atomic E-state index is -1.69. The molecule has 5 amide bonds. The van der Waals surface area contributed by atoms with E-state index in [9.17, 15) is 38.7 Å². The zero-order chi connectivity index (χ0) is 25.3. The number of carbonyl (C=O) groups is 7. The monoisotopic (exact) mass is 472 g/mol. The van der Waals surface area contributed by atoms with E-state index >= 15 is 0 Å². The fraction of sp³-hybridized carbons (Fsp3) is 0.611. The second kappa shape index (κ2) is 12.3. The van der Waals surface area contributed by atoms with Gasteiger partial charge in [0.15, 0.2) is 0 Å². The molecule has 0 aromatic rings. The third kappa shape index (κ3) is 8.72. The first-order chi connectivity index (χ1) is 15.3. The van der Waals surface area contributed by atoms with Gasteiger partial charge in [-0.05, 0) is 19.3 Å². The highest BCUT2D eigenvalue weighted by Crippen LogP contribution is 2.19. The topological polar surface area (TPSA) is 265 Å². The first-order valence-corrected chi connectivity index (χ1v) is 10.0. The van der Waals surface area contributed by atoms with Gasteiger partial charge in [0.25, 0.3) is 0 Å². The van der Waals surface area contributed by atoms with Crippen LogP contribution >= 0.6 is 0 Å². The lowest BCUT2D eigenvalue weighted by molar-refractivity contribution is -0.150. The van der Waals surface area contributed by atoms with Crippen LogP contribution in [0.3, 0.4) is 0 Å². The van der Waals surface area contributed by atoms with Gasteiger partial charge < -0.3 is 42.9 Å². The summed E-state index contributed by atoms with van der Waals surface area (Å²) in [6.07, 6.45) is -1.38. The van der Waals surface area contributed by atoms with Gasteiger partial charge in [-0.25, -0.2) is 4.79 Å². The summed E-state index contributed by atoms with van der Waals surface area (Å²) in [4.78, 5) is 83.5. The van der Waals surface area contributed by atoms with Crippen LogP contribution in [0.15, 0.2) is 0 Å². The Labute approximate surface area is 188 Å². The molecule has 0 saturated carbocycles. The molecule has 1 saturated heterocycles. The summed E-state index contributed by atoms with van der Waals surface area (Å²) in [5, 5.41) is 22.6. The molecule has 10 N–H and O–H groups in total. The second-order valence-corrected chi connectivity index (χ2v) is 7.53. The smallest absolute Gasteiger partial charge is 0.326 e. The number of nitrogens with one attached hydrogen (secondary N) is 2. The molecule has 4 atom stereocenters. The number of nitrogens with zero attached hydrogens (tertiary/aromatic N) is 1. The summed E-state index contributed by atoms with van der Waals surface area (Å²) in [6, 6.07) is -5.69. The molecule has 1 fully saturated rings. The number of rotatable bonds is 13. The Morgan fingerprint density at radius 2 is 1.52 bits per heavy atom. The summed E-state index contributed by atoms with van der Waals surface area (Å²) in [7, 11) is 0. The molecule has 15 heteroatoms. The third-order valence-electron chi connectivity index (χ3n) is 4.89. The van der Waals surface area contributed by atoms with Crippen LogP contribution in [0.25, 0.3) is 0 Å². The second-order valence-electron chi connectivity index (χ2n) is 7.53. The largest absolute Gasteiger partial charge is 0.481 e. The van der Waals surface area contributed by atoms with Crippen molar-refractivity contribution in [3.05, 3.63) is 0 Å². The number of likely N-dealkylation sites (tertiary alicyclic amines) is 1. The van der Waals surface area contributed by atoms with Crippen LogP contribution in [-0.4, -0.2) is 87.3 Å². The maximum absolute atomic E-state index is 12.8. The van der Waals surface area contributed by atoms with Gasteiger partial charge in [-0.3, -0.25) is 28.8 Å². The summed E-state index contributed by atoms with van der Waals surface area (Å²) in [6.45, 7) is 0.0743. The maximum Gasteiger partial charge on any atom is 0.326 e. The number of carboxylic acid groups (broad SMARTS) is 2. The first-order valence-electron chi connectivity index (χ1n) is 10.0. The van der Waals surface area contributed by atoms with Crippen LogP contribution < -0.4 is 27.8 Å². The molecular formula is C18H28N6O9. The third-order valence-corrected chi connectivity index (χ3v) is 4.89. The lowest BCUT2D eigenvalue weighted by atomic mass is 10.1. The highest BCUT2D eigenvalue weighted by molar-refractivity contribution is 5.97. The fourth-order valence-electron chi connectivity index (χ4n) is 3.25. The van der Waals surface area contributed by atoms with Crippen molar-refractivity contribution in [2.24, 2.45) is 17.2 Å². The number of hydrogen-bond donors (Lipinski definition) is 7. The van der Waals surface area contributed by atoms with E-state index in [4.69, 9.17) is 22.3 Å². The first kappa shape index (κ1) is 27.3. The number of carboxylic acids is 2. The molecule has 33 heavy (non-hydrogen) atoms. The lowest BCUT2D eigenvalue weighted by Crippen LogP contribution is -2.58. The maximum atomic E-state index is 12.8. The van der Waals surface area contributed by atoms with Crippen molar-refractivity contribution >= 4 is 41.5 Å². The highest BCUT2D eigenvalue weighted by Gasteiger charge is 2.39. The molecule has 0 aromatic carbocycles. The lowest BCUT2D eigenvalue weighted by Gasteiger charge is -2.28. The van der Waals surface area contributed by atoms with Crippen LogP contribution in [0.2, 0.25) is 0 Å². The average Bonchev–Trinajstić information content (AvgIpc) is 3.19. The van der Waals surface area contributed by atoms with Gasteiger partial charge in [-0.2, -0.15) is 0 Å². The molecule has 1 aliphatic rings. The zero-order valence-electron chi connectivity index (χ0n) is 17.7. The molecule has 184 valence electrons. The quantitative estimate of drug-likeness (QED) is 0.136. The van der Waals surface area contributed by atoms with E-state index in [1.54, 1.807) is 0 Å². The number of nitrogens with two attached hydrogens (primary N) is 3. The van der Waals surface area contributed by atoms with Gasteiger partial charge in [0, 0.05) is 13.0 Å². The SMILES string of the molecule is NC(=O)CCC(N)C(=O)NC(CC(=O)O)C(=O)NC(CC(N)=O)C(=O)N1CCCC1C(=O)O. The number of aliphatic carboxylic acids is 2. The van der Waals surface area contributed by atoms with Crippen molar-refractivity contribution in [3.63, 3.8) is 0 Å². The molecule has 0 spiro atoms. The molecule has 1 rings (SSSR count). The van der Waals surface area contributed by atoms with E-state index < -0.39 is 78.5 Å². The van der Waals surface area contributed by atoms with E-state index in [1.165, 1.54) is 0 Å². The van der Waals surface area contributed by atoms with Crippen LogP contribution in [-0.2, 0) is 33.6 Å². The van der Waals surface area contributed by atoms with Crippen molar-refractivity contribution in [1.29, 1.82) is 0 Å². The Bertz CT molecular complexity index is 817. The normalized spacial score (nSPS) is 18.0. The van der Waals surface area contributed by atoms with E-state index in [0.29, 0.717) is 6.42 Å². The van der Waals surface area contributed by atoms with Crippen molar-refractivity contribution in [2.75, 3.05) is 6.54 Å². The van der Waals surface area contributed by atoms with Crippen LogP contribution in [0.1, 0.15) is 38.5 Å². The molecule has 4 unspecified atom stereocenters. The molecule has 0 bridgehead atoms. The minimum absolute atomic E-state index is 0.0743. The van der Waals surface area contributed by atoms with Crippen LogP contribution in [0.5, 0.6) is 0 Å². The van der Waals surface area contributed by atoms with E-state index in [-0.39, 0.29) is 25.8 Å². The molecule has 15 nitrogen and oxygen atoms in total. The number of hydrogen-bond acceptors (Lipinski definition) is 8. The van der Waals surface area contributed by atoms with Crippen LogP contribution in [0.4, 0.5) is 0 Å². The average molecular weight is 472 g/mol. The Morgan fingerprint density at radius 1 is 0.909 bits per heavy atom. The summed E-state index contributed by atoms with van der Waals surface area (Å²) in [5.41, 5.74) is 15.7. The molecule has 0 aliphatic carbocycles. The van der Waals surface area contributed by atoms with Crippen molar-refractivity contribution in [1.82, 2.24) is 15.5 Å². The number of amides is 5. The molecule has 1 aliphatic heterocycles. The Hall–Kier alpha value is -3.75. The summed E-state index contributed by atoms with van der Waals surface area (Å²) < 4.78 is 0. The van der Waals surface area contributed by atoms with Crippen molar-refractivity contribution in [3.8, 4) is 0 Å². The highest BCUT2D eigenvalue weighted by atomic mass is 16.4.